The summed E-state index contributed by atoms with van der Waals surface area (Å²) in [5, 5.41) is 5.90. The van der Waals surface area contributed by atoms with Gasteiger partial charge in [0.1, 0.15) is 17.7 Å². The molecule has 1 saturated carbocycles. The van der Waals surface area contributed by atoms with Crippen LogP contribution in [0.1, 0.15) is 97.7 Å². The van der Waals surface area contributed by atoms with E-state index in [1.165, 1.54) is 0 Å². The maximum absolute atomic E-state index is 14.3. The lowest BCUT2D eigenvalue weighted by atomic mass is 9.95. The zero-order valence-electron chi connectivity index (χ0n) is 23.8. The van der Waals surface area contributed by atoms with E-state index in [1.54, 1.807) is 31.7 Å². The van der Waals surface area contributed by atoms with Crippen LogP contribution in [0.25, 0.3) is 6.08 Å². The second kappa shape index (κ2) is 13.6. The summed E-state index contributed by atoms with van der Waals surface area (Å²) in [5.74, 6) is -0.345. The quantitative estimate of drug-likeness (QED) is 0.324. The number of hydrogen-bond donors (Lipinski definition) is 2. The third kappa shape index (κ3) is 8.90. The van der Waals surface area contributed by atoms with Crippen molar-refractivity contribution in [3.63, 3.8) is 0 Å². The Labute approximate surface area is 223 Å². The van der Waals surface area contributed by atoms with E-state index in [1.807, 2.05) is 38.1 Å². The number of benzene rings is 1. The zero-order chi connectivity index (χ0) is 27.8. The highest BCUT2D eigenvalue weighted by molar-refractivity contribution is 5.93. The van der Waals surface area contributed by atoms with Gasteiger partial charge in [0.15, 0.2) is 0 Å². The summed E-state index contributed by atoms with van der Waals surface area (Å²) in [6.07, 6.45) is 5.55. The fraction of sp³-hybridized carbons (Fsp3) is 0.633. The molecule has 5 atom stereocenters. The van der Waals surface area contributed by atoms with Crippen LogP contribution in [0.3, 0.4) is 0 Å². The van der Waals surface area contributed by atoms with Crippen molar-refractivity contribution in [2.75, 3.05) is 6.54 Å². The van der Waals surface area contributed by atoms with Gasteiger partial charge in [-0.25, -0.2) is 4.79 Å². The minimum absolute atomic E-state index is 0.0849. The van der Waals surface area contributed by atoms with Gasteiger partial charge in [0.05, 0.1) is 0 Å². The van der Waals surface area contributed by atoms with Crippen LogP contribution in [0.2, 0.25) is 0 Å². The molecule has 0 radical (unpaired) electrons. The summed E-state index contributed by atoms with van der Waals surface area (Å²) in [6.45, 7) is 17.9. The first kappa shape index (κ1) is 30.4. The first-order chi connectivity index (χ1) is 17.4. The van der Waals surface area contributed by atoms with Gasteiger partial charge in [-0.15, -0.1) is 0 Å². The van der Waals surface area contributed by atoms with E-state index in [0.29, 0.717) is 13.0 Å². The third-order valence-electron chi connectivity index (χ3n) is 6.90. The van der Waals surface area contributed by atoms with Crippen LogP contribution in [-0.4, -0.2) is 47.0 Å². The molecule has 1 aromatic carbocycles. The van der Waals surface area contributed by atoms with E-state index < -0.39 is 23.8 Å². The average molecular weight is 514 g/mol. The molecule has 3 amide bonds. The molecule has 0 bridgehead atoms. The normalized spacial score (nSPS) is 19.2. The van der Waals surface area contributed by atoms with Gasteiger partial charge in [-0.05, 0) is 62.6 Å². The molecular formula is C30H47N3O4. The molecule has 2 N–H and O–H groups in total. The van der Waals surface area contributed by atoms with Gasteiger partial charge < -0.3 is 20.3 Å². The molecule has 1 aromatic rings. The third-order valence-corrected chi connectivity index (χ3v) is 6.90. The first-order valence-corrected chi connectivity index (χ1v) is 13.7. The first-order valence-electron chi connectivity index (χ1n) is 13.7. The molecule has 0 heterocycles. The van der Waals surface area contributed by atoms with E-state index >= 15 is 0 Å². The zero-order valence-corrected chi connectivity index (χ0v) is 23.8. The van der Waals surface area contributed by atoms with Crippen LogP contribution < -0.4 is 10.6 Å². The molecule has 7 nitrogen and oxygen atoms in total. The minimum Gasteiger partial charge on any atom is -0.444 e. The van der Waals surface area contributed by atoms with Crippen molar-refractivity contribution < 1.29 is 19.1 Å². The fourth-order valence-electron chi connectivity index (χ4n) is 4.43. The van der Waals surface area contributed by atoms with Crippen LogP contribution in [0.5, 0.6) is 0 Å². The van der Waals surface area contributed by atoms with Gasteiger partial charge in [-0.1, -0.05) is 77.8 Å². The van der Waals surface area contributed by atoms with Crippen molar-refractivity contribution in [1.29, 1.82) is 0 Å². The summed E-state index contributed by atoms with van der Waals surface area (Å²) in [6, 6.07) is 5.89. The average Bonchev–Trinajstić information content (AvgIpc) is 3.57. The summed E-state index contributed by atoms with van der Waals surface area (Å²) in [4.78, 5) is 42.4. The number of rotatable bonds is 13. The van der Waals surface area contributed by atoms with E-state index in [2.05, 4.69) is 31.1 Å². The number of nitrogens with one attached hydrogen (secondary N) is 2. The van der Waals surface area contributed by atoms with E-state index in [4.69, 9.17) is 4.74 Å². The molecular weight excluding hydrogens is 466 g/mol. The van der Waals surface area contributed by atoms with Crippen molar-refractivity contribution >= 4 is 24.0 Å². The standard InChI is InChI=1S/C30H47N3O4/c1-9-12-13-17-31-27(34)26(23-16-14-15-22(11-3)19-23)33(24-18-21(24)5)28(35)25(20(4)10-2)32-29(36)37-30(6,7)8/h11,14-16,19-21,24-26H,3,9-10,12-13,17-18H2,1-2,4-8H3,(H,31,34)(H,32,36). The molecule has 7 heteroatoms. The van der Waals surface area contributed by atoms with E-state index in [0.717, 1.165) is 36.8 Å². The lowest BCUT2D eigenvalue weighted by Gasteiger charge is -2.36. The summed E-state index contributed by atoms with van der Waals surface area (Å²) in [7, 11) is 0. The van der Waals surface area contributed by atoms with Gasteiger partial charge in [-0.3, -0.25) is 9.59 Å². The smallest absolute Gasteiger partial charge is 0.408 e. The summed E-state index contributed by atoms with van der Waals surface area (Å²) >= 11 is 0. The number of carbonyl (C=O) groups is 3. The number of carbonyl (C=O) groups excluding carboxylic acids is 3. The van der Waals surface area contributed by atoms with E-state index in [-0.39, 0.29) is 29.7 Å². The van der Waals surface area contributed by atoms with Crippen molar-refractivity contribution in [3.8, 4) is 0 Å². The molecule has 1 fully saturated rings. The Morgan fingerprint density at radius 1 is 1.22 bits per heavy atom. The molecule has 37 heavy (non-hydrogen) atoms. The highest BCUT2D eigenvalue weighted by Gasteiger charge is 2.48. The Morgan fingerprint density at radius 2 is 1.89 bits per heavy atom. The van der Waals surface area contributed by atoms with Gasteiger partial charge in [0, 0.05) is 12.6 Å². The van der Waals surface area contributed by atoms with Crippen LogP contribution in [-0.2, 0) is 14.3 Å². The predicted molar refractivity (Wildman–Crippen MR) is 149 cm³/mol. The van der Waals surface area contributed by atoms with Gasteiger partial charge in [0.2, 0.25) is 11.8 Å². The highest BCUT2D eigenvalue weighted by Crippen LogP contribution is 2.41. The van der Waals surface area contributed by atoms with Gasteiger partial charge in [-0.2, -0.15) is 0 Å². The van der Waals surface area contributed by atoms with Crippen molar-refractivity contribution in [3.05, 3.63) is 42.0 Å². The van der Waals surface area contributed by atoms with Gasteiger partial charge in [0.25, 0.3) is 0 Å². The number of ether oxygens (including phenoxy) is 1. The largest absolute Gasteiger partial charge is 0.444 e. The van der Waals surface area contributed by atoms with E-state index in [9.17, 15) is 14.4 Å². The number of amides is 3. The second-order valence-corrected chi connectivity index (χ2v) is 11.3. The Balaban J connectivity index is 2.49. The number of nitrogens with zero attached hydrogens (tertiary/aromatic N) is 1. The lowest BCUT2D eigenvalue weighted by molar-refractivity contribution is -0.144. The molecule has 0 aromatic heterocycles. The monoisotopic (exact) mass is 513 g/mol. The topological polar surface area (TPSA) is 87.7 Å². The van der Waals surface area contributed by atoms with Crippen molar-refractivity contribution in [2.45, 2.75) is 104 Å². The van der Waals surface area contributed by atoms with Crippen LogP contribution in [0.4, 0.5) is 4.79 Å². The van der Waals surface area contributed by atoms with Crippen molar-refractivity contribution in [1.82, 2.24) is 15.5 Å². The Hall–Kier alpha value is -2.83. The summed E-state index contributed by atoms with van der Waals surface area (Å²) < 4.78 is 5.48. The van der Waals surface area contributed by atoms with Gasteiger partial charge >= 0.3 is 6.09 Å². The number of unbranched alkanes of at least 4 members (excludes halogenated alkanes) is 2. The molecule has 0 saturated heterocycles. The van der Waals surface area contributed by atoms with Crippen LogP contribution in [0, 0.1) is 11.8 Å². The Bertz CT molecular complexity index is 939. The second-order valence-electron chi connectivity index (χ2n) is 11.3. The summed E-state index contributed by atoms with van der Waals surface area (Å²) in [5.41, 5.74) is 0.921. The molecule has 5 unspecified atom stereocenters. The maximum atomic E-state index is 14.3. The SMILES string of the molecule is C=Cc1cccc(C(C(=O)NCCCCC)N(C(=O)C(NC(=O)OC(C)(C)C)C(C)CC)C2CC2C)c1. The molecule has 0 aliphatic heterocycles. The molecule has 0 spiro atoms. The lowest BCUT2D eigenvalue weighted by Crippen LogP contribution is -2.56. The number of alkyl carbamates (subject to hydrolysis) is 1. The Kier molecular flexibility index (Phi) is 11.2. The molecule has 206 valence electrons. The predicted octanol–water partition coefficient (Wildman–Crippen LogP) is 5.85. The molecule has 1 aliphatic carbocycles. The van der Waals surface area contributed by atoms with Crippen LogP contribution in [0.15, 0.2) is 30.8 Å². The maximum Gasteiger partial charge on any atom is 0.408 e. The number of hydrogen-bond acceptors (Lipinski definition) is 4. The van der Waals surface area contributed by atoms with Crippen molar-refractivity contribution in [2.24, 2.45) is 11.8 Å². The van der Waals surface area contributed by atoms with Crippen LogP contribution >= 0.6 is 0 Å². The molecule has 1 aliphatic rings. The Morgan fingerprint density at radius 3 is 2.43 bits per heavy atom. The minimum atomic E-state index is -0.814. The highest BCUT2D eigenvalue weighted by atomic mass is 16.6. The fourth-order valence-corrected chi connectivity index (χ4v) is 4.43. The molecule has 2 rings (SSSR count).